The monoisotopic (exact) mass is 443 g/mol. The summed E-state index contributed by atoms with van der Waals surface area (Å²) in [5.41, 5.74) is 4.79. The normalized spacial score (nSPS) is 11.4. The van der Waals surface area contributed by atoms with Crippen molar-refractivity contribution in [2.75, 3.05) is 18.9 Å². The summed E-state index contributed by atoms with van der Waals surface area (Å²) in [5, 5.41) is 2.40. The van der Waals surface area contributed by atoms with Crippen molar-refractivity contribution in [2.24, 2.45) is 5.73 Å². The zero-order valence-corrected chi connectivity index (χ0v) is 16.0. The molecular weight excluding hydrogens is 429 g/mol. The van der Waals surface area contributed by atoms with Gasteiger partial charge in [0.15, 0.2) is 0 Å². The molecule has 10 heteroatoms. The number of halogens is 2. The van der Waals surface area contributed by atoms with Crippen LogP contribution in [-0.4, -0.2) is 38.1 Å². The highest BCUT2D eigenvalue weighted by Crippen LogP contribution is 2.18. The van der Waals surface area contributed by atoms with E-state index in [1.807, 2.05) is 0 Å². The third-order valence-electron chi connectivity index (χ3n) is 3.40. The van der Waals surface area contributed by atoms with Gasteiger partial charge in [-0.3, -0.25) is 9.59 Å². The maximum atomic E-state index is 13.4. The number of nitrogens with two attached hydrogens (primary N) is 1. The zero-order chi connectivity index (χ0) is 19.5. The van der Waals surface area contributed by atoms with Gasteiger partial charge < -0.3 is 11.1 Å². The number of hydrogen-bond donors (Lipinski definition) is 2. The van der Waals surface area contributed by atoms with E-state index in [0.29, 0.717) is 0 Å². The van der Waals surface area contributed by atoms with Crippen LogP contribution >= 0.6 is 15.9 Å². The molecule has 0 radical (unpaired) electrons. The average Bonchev–Trinajstić information content (AvgIpc) is 2.56. The van der Waals surface area contributed by atoms with Crippen molar-refractivity contribution in [2.45, 2.75) is 4.90 Å². The lowest BCUT2D eigenvalue weighted by Crippen LogP contribution is -2.35. The topological polar surface area (TPSA) is 110 Å². The minimum Gasteiger partial charge on any atom is -0.366 e. The van der Waals surface area contributed by atoms with Crippen LogP contribution in [0.1, 0.15) is 10.4 Å². The van der Waals surface area contributed by atoms with Crippen molar-refractivity contribution < 1.29 is 22.4 Å². The van der Waals surface area contributed by atoms with Gasteiger partial charge in [0.05, 0.1) is 17.0 Å². The fourth-order valence-corrected chi connectivity index (χ4v) is 3.46. The second-order valence-electron chi connectivity index (χ2n) is 5.32. The molecule has 0 heterocycles. The molecule has 0 saturated heterocycles. The molecule has 0 spiro atoms. The van der Waals surface area contributed by atoms with Gasteiger partial charge >= 0.3 is 0 Å². The van der Waals surface area contributed by atoms with Crippen molar-refractivity contribution >= 4 is 43.5 Å². The second kappa shape index (κ2) is 7.94. The predicted octanol–water partition coefficient (Wildman–Crippen LogP) is 1.95. The molecule has 0 unspecified atom stereocenters. The Bertz CT molecular complexity index is 948. The maximum Gasteiger partial charge on any atom is 0.251 e. The summed E-state index contributed by atoms with van der Waals surface area (Å²) in [5.74, 6) is -2.45. The first-order valence-electron chi connectivity index (χ1n) is 7.22. The molecule has 138 valence electrons. The molecule has 0 aromatic heterocycles. The number of amides is 2. The first kappa shape index (κ1) is 20.0. The van der Waals surface area contributed by atoms with Crippen LogP contribution in [0.25, 0.3) is 0 Å². The summed E-state index contributed by atoms with van der Waals surface area (Å²) in [6.07, 6.45) is 0. The van der Waals surface area contributed by atoms with E-state index in [4.69, 9.17) is 5.73 Å². The van der Waals surface area contributed by atoms with Gasteiger partial charge in [0.1, 0.15) is 5.82 Å². The minimum atomic E-state index is -3.85. The maximum absolute atomic E-state index is 13.4. The summed E-state index contributed by atoms with van der Waals surface area (Å²) in [6.45, 7) is -0.471. The van der Waals surface area contributed by atoms with E-state index in [1.165, 1.54) is 25.2 Å². The van der Waals surface area contributed by atoms with Gasteiger partial charge in [-0.1, -0.05) is 15.9 Å². The summed E-state index contributed by atoms with van der Waals surface area (Å²) in [4.78, 5) is 23.3. The third kappa shape index (κ3) is 4.65. The standard InChI is InChI=1S/C16H15BrFN3O4S/c1-21(26(24,25)12-5-2-10(17)3-6-12)9-15(22)20-11-4-7-14(18)13(8-11)16(19)23/h2-8H,9H2,1H3,(H2,19,23)(H,20,22). The number of rotatable bonds is 6. The number of nitrogens with zero attached hydrogens (tertiary/aromatic N) is 1. The number of anilines is 1. The number of carbonyl (C=O) groups excluding carboxylic acids is 2. The number of carbonyl (C=O) groups is 2. The second-order valence-corrected chi connectivity index (χ2v) is 8.28. The summed E-state index contributed by atoms with van der Waals surface area (Å²) < 4.78 is 39.9. The molecule has 0 aliphatic rings. The molecule has 7 nitrogen and oxygen atoms in total. The molecule has 0 fully saturated rings. The quantitative estimate of drug-likeness (QED) is 0.710. The summed E-state index contributed by atoms with van der Waals surface area (Å²) >= 11 is 3.22. The van der Waals surface area contributed by atoms with Crippen LogP contribution in [0.4, 0.5) is 10.1 Å². The van der Waals surface area contributed by atoms with Crippen LogP contribution in [0.15, 0.2) is 51.8 Å². The van der Waals surface area contributed by atoms with Crippen LogP contribution in [0, 0.1) is 5.82 Å². The minimum absolute atomic E-state index is 0.0359. The molecule has 3 N–H and O–H groups in total. The smallest absolute Gasteiger partial charge is 0.251 e. The number of likely N-dealkylation sites (N-methyl/N-ethyl adjacent to an activating group) is 1. The SMILES string of the molecule is CN(CC(=O)Nc1ccc(F)c(C(N)=O)c1)S(=O)(=O)c1ccc(Br)cc1. The van der Waals surface area contributed by atoms with E-state index in [0.717, 1.165) is 20.9 Å². The summed E-state index contributed by atoms with van der Waals surface area (Å²) in [7, 11) is -2.59. The zero-order valence-electron chi connectivity index (χ0n) is 13.6. The van der Waals surface area contributed by atoms with Crippen molar-refractivity contribution in [3.8, 4) is 0 Å². The third-order valence-corrected chi connectivity index (χ3v) is 5.75. The molecule has 2 aromatic rings. The highest BCUT2D eigenvalue weighted by Gasteiger charge is 2.23. The van der Waals surface area contributed by atoms with E-state index in [1.54, 1.807) is 12.1 Å². The average molecular weight is 444 g/mol. The van der Waals surface area contributed by atoms with Crippen LogP contribution < -0.4 is 11.1 Å². The number of benzene rings is 2. The number of primary amides is 1. The molecule has 0 atom stereocenters. The van der Waals surface area contributed by atoms with Gasteiger partial charge in [0.2, 0.25) is 15.9 Å². The number of hydrogen-bond acceptors (Lipinski definition) is 4. The molecule has 2 aromatic carbocycles. The molecule has 2 amide bonds. The number of nitrogens with one attached hydrogen (secondary N) is 1. The van der Waals surface area contributed by atoms with Gasteiger partial charge in [-0.15, -0.1) is 0 Å². The van der Waals surface area contributed by atoms with E-state index in [-0.39, 0.29) is 16.1 Å². The molecule has 0 bridgehead atoms. The molecular formula is C16H15BrFN3O4S. The van der Waals surface area contributed by atoms with Gasteiger partial charge in [-0.25, -0.2) is 12.8 Å². The molecule has 0 saturated carbocycles. The summed E-state index contributed by atoms with van der Waals surface area (Å²) in [6, 6.07) is 9.27. The van der Waals surface area contributed by atoms with Gasteiger partial charge in [-0.2, -0.15) is 4.31 Å². The van der Waals surface area contributed by atoms with Gasteiger partial charge in [-0.05, 0) is 42.5 Å². The van der Waals surface area contributed by atoms with Crippen molar-refractivity contribution in [3.05, 3.63) is 58.3 Å². The predicted molar refractivity (Wildman–Crippen MR) is 97.5 cm³/mol. The lowest BCUT2D eigenvalue weighted by molar-refractivity contribution is -0.116. The molecule has 0 aliphatic heterocycles. The van der Waals surface area contributed by atoms with Crippen LogP contribution in [0.5, 0.6) is 0 Å². The van der Waals surface area contributed by atoms with Gasteiger partial charge in [0, 0.05) is 17.2 Å². The molecule has 2 rings (SSSR count). The van der Waals surface area contributed by atoms with Gasteiger partial charge in [0.25, 0.3) is 5.91 Å². The lowest BCUT2D eigenvalue weighted by atomic mass is 10.2. The molecule has 0 aliphatic carbocycles. The van der Waals surface area contributed by atoms with E-state index in [2.05, 4.69) is 21.2 Å². The Balaban J connectivity index is 2.11. The largest absolute Gasteiger partial charge is 0.366 e. The van der Waals surface area contributed by atoms with Crippen molar-refractivity contribution in [1.82, 2.24) is 4.31 Å². The van der Waals surface area contributed by atoms with Crippen LogP contribution in [0.3, 0.4) is 0 Å². The van der Waals surface area contributed by atoms with Crippen molar-refractivity contribution in [3.63, 3.8) is 0 Å². The van der Waals surface area contributed by atoms with Crippen LogP contribution in [-0.2, 0) is 14.8 Å². The Hall–Kier alpha value is -2.30. The Morgan fingerprint density at radius 3 is 2.38 bits per heavy atom. The van der Waals surface area contributed by atoms with Crippen molar-refractivity contribution in [1.29, 1.82) is 0 Å². The first-order chi connectivity index (χ1) is 12.1. The van der Waals surface area contributed by atoms with E-state index < -0.39 is 34.2 Å². The lowest BCUT2D eigenvalue weighted by Gasteiger charge is -2.17. The van der Waals surface area contributed by atoms with E-state index in [9.17, 15) is 22.4 Å². The highest BCUT2D eigenvalue weighted by molar-refractivity contribution is 9.10. The van der Waals surface area contributed by atoms with Crippen LogP contribution in [0.2, 0.25) is 0 Å². The Labute approximate surface area is 158 Å². The Kier molecular flexibility index (Phi) is 6.11. The molecule has 26 heavy (non-hydrogen) atoms. The Morgan fingerprint density at radius 1 is 1.19 bits per heavy atom. The Morgan fingerprint density at radius 2 is 1.81 bits per heavy atom. The fourth-order valence-electron chi connectivity index (χ4n) is 2.07. The number of sulfonamides is 1. The van der Waals surface area contributed by atoms with E-state index >= 15 is 0 Å². The highest BCUT2D eigenvalue weighted by atomic mass is 79.9. The fraction of sp³-hybridized carbons (Fsp3) is 0.125. The first-order valence-corrected chi connectivity index (χ1v) is 9.45.